The third-order valence-corrected chi connectivity index (χ3v) is 2.22. The van der Waals surface area contributed by atoms with Gasteiger partial charge in [-0.2, -0.15) is 0 Å². The number of carbonyl (C=O) groups excluding carboxylic acids is 1. The molecule has 19 heavy (non-hydrogen) atoms. The largest absolute Gasteiger partial charge is 0.480 e. The maximum absolute atomic E-state index is 11.2. The van der Waals surface area contributed by atoms with Gasteiger partial charge >= 0.3 is 12.0 Å². The minimum atomic E-state index is -1.28. The van der Waals surface area contributed by atoms with Crippen LogP contribution in [-0.2, 0) is 14.3 Å². The molecule has 0 aliphatic heterocycles. The Balaban J connectivity index is 3.45. The molecule has 8 nitrogen and oxygen atoms in total. The van der Waals surface area contributed by atoms with Crippen molar-refractivity contribution in [3.63, 3.8) is 0 Å². The Morgan fingerprint density at radius 3 is 2.53 bits per heavy atom. The second-order valence-electron chi connectivity index (χ2n) is 3.79. The number of rotatable bonds is 11. The molecule has 0 aromatic heterocycles. The van der Waals surface area contributed by atoms with Crippen LogP contribution in [0.2, 0.25) is 0 Å². The zero-order valence-corrected chi connectivity index (χ0v) is 11.1. The normalized spacial score (nSPS) is 11.9. The van der Waals surface area contributed by atoms with Crippen LogP contribution in [0.4, 0.5) is 4.79 Å². The van der Waals surface area contributed by atoms with Gasteiger partial charge in [0.1, 0.15) is 0 Å². The van der Waals surface area contributed by atoms with Crippen LogP contribution in [-0.4, -0.2) is 68.3 Å². The number of aliphatic hydroxyl groups is 1. The highest BCUT2D eigenvalue weighted by molar-refractivity contribution is 5.82. The summed E-state index contributed by atoms with van der Waals surface area (Å²) in [4.78, 5) is 21.8. The van der Waals surface area contributed by atoms with E-state index in [0.717, 1.165) is 12.8 Å². The summed E-state index contributed by atoms with van der Waals surface area (Å²) in [5.41, 5.74) is 0. The van der Waals surface area contributed by atoms with Gasteiger partial charge in [0.05, 0.1) is 19.8 Å². The predicted octanol–water partition coefficient (Wildman–Crippen LogP) is -0.826. The van der Waals surface area contributed by atoms with Crippen LogP contribution in [0.25, 0.3) is 0 Å². The molecule has 0 radical (unpaired) electrons. The molecule has 0 aromatic carbocycles. The number of unbranched alkanes of at least 4 members (excludes halogenated alkanes) is 1. The van der Waals surface area contributed by atoms with E-state index < -0.39 is 24.6 Å². The molecular formula is C11H22N2O6. The number of nitrogens with one attached hydrogen (secondary N) is 2. The van der Waals surface area contributed by atoms with E-state index in [-0.39, 0.29) is 0 Å². The molecule has 0 saturated carbocycles. The number of ether oxygens (including phenoxy) is 2. The van der Waals surface area contributed by atoms with Crippen molar-refractivity contribution in [2.45, 2.75) is 18.9 Å². The minimum Gasteiger partial charge on any atom is -0.480 e. The first-order chi connectivity index (χ1) is 9.11. The third kappa shape index (κ3) is 10.2. The fourth-order valence-corrected chi connectivity index (χ4v) is 1.17. The van der Waals surface area contributed by atoms with Crippen molar-refractivity contribution >= 4 is 12.0 Å². The lowest BCUT2D eigenvalue weighted by Gasteiger charge is -2.12. The van der Waals surface area contributed by atoms with Gasteiger partial charge in [0.15, 0.2) is 6.04 Å². The van der Waals surface area contributed by atoms with Gasteiger partial charge in [-0.15, -0.1) is 0 Å². The summed E-state index contributed by atoms with van der Waals surface area (Å²) in [5.74, 6) is -1.27. The first kappa shape index (κ1) is 17.6. The molecule has 0 aliphatic carbocycles. The Morgan fingerprint density at radius 1 is 1.21 bits per heavy atom. The van der Waals surface area contributed by atoms with E-state index in [4.69, 9.17) is 19.7 Å². The average molecular weight is 278 g/mol. The van der Waals surface area contributed by atoms with Crippen molar-refractivity contribution in [2.24, 2.45) is 0 Å². The van der Waals surface area contributed by atoms with Gasteiger partial charge in [-0.05, 0) is 12.8 Å². The van der Waals surface area contributed by atoms with Crippen LogP contribution in [0.3, 0.4) is 0 Å². The fourth-order valence-electron chi connectivity index (χ4n) is 1.17. The van der Waals surface area contributed by atoms with Gasteiger partial charge in [0.2, 0.25) is 0 Å². The molecule has 0 unspecified atom stereocenters. The highest BCUT2D eigenvalue weighted by Gasteiger charge is 2.17. The van der Waals surface area contributed by atoms with Crippen LogP contribution in [0.15, 0.2) is 0 Å². The van der Waals surface area contributed by atoms with E-state index in [1.165, 1.54) is 0 Å². The number of carbonyl (C=O) groups is 2. The van der Waals surface area contributed by atoms with E-state index in [1.807, 2.05) is 0 Å². The lowest BCUT2D eigenvalue weighted by molar-refractivity contribution is -0.140. The van der Waals surface area contributed by atoms with E-state index in [2.05, 4.69) is 10.6 Å². The number of aliphatic hydroxyl groups excluding tert-OH is 1. The first-order valence-electron chi connectivity index (χ1n) is 6.06. The summed E-state index contributed by atoms with van der Waals surface area (Å²) in [6.07, 6.45) is 1.50. The Kier molecular flexibility index (Phi) is 10.8. The van der Waals surface area contributed by atoms with Crippen LogP contribution in [0.1, 0.15) is 12.8 Å². The number of amides is 2. The van der Waals surface area contributed by atoms with Crippen LogP contribution in [0, 0.1) is 0 Å². The zero-order chi connectivity index (χ0) is 14.5. The number of hydrogen-bond acceptors (Lipinski definition) is 5. The van der Waals surface area contributed by atoms with E-state index in [1.54, 1.807) is 7.11 Å². The molecule has 0 saturated heterocycles. The molecule has 0 rings (SSSR count). The molecule has 0 aliphatic rings. The zero-order valence-electron chi connectivity index (χ0n) is 11.1. The summed E-state index contributed by atoms with van der Waals surface area (Å²) in [7, 11) is 1.60. The van der Waals surface area contributed by atoms with Gasteiger partial charge in [-0.25, -0.2) is 9.59 Å². The molecular weight excluding hydrogens is 256 g/mol. The standard InChI is InChI=1S/C11H22N2O6/c1-18-6-7-19-5-3-2-4-12-11(17)13-9(8-14)10(15)16/h9,14H,2-8H2,1H3,(H,15,16)(H2,12,13,17)/t9-/m0/s1. The molecule has 112 valence electrons. The molecule has 4 N–H and O–H groups in total. The fraction of sp³-hybridized carbons (Fsp3) is 0.818. The highest BCUT2D eigenvalue weighted by atomic mass is 16.5. The molecule has 0 heterocycles. The van der Waals surface area contributed by atoms with Crippen molar-refractivity contribution in [1.29, 1.82) is 0 Å². The number of methoxy groups -OCH3 is 1. The quantitative estimate of drug-likeness (QED) is 0.367. The predicted molar refractivity (Wildman–Crippen MR) is 67.0 cm³/mol. The lowest BCUT2D eigenvalue weighted by Crippen LogP contribution is -2.48. The molecule has 0 bridgehead atoms. The monoisotopic (exact) mass is 278 g/mol. The van der Waals surface area contributed by atoms with Crippen molar-refractivity contribution in [3.05, 3.63) is 0 Å². The van der Waals surface area contributed by atoms with Crippen LogP contribution >= 0.6 is 0 Å². The second kappa shape index (κ2) is 11.7. The van der Waals surface area contributed by atoms with Gasteiger partial charge in [-0.3, -0.25) is 0 Å². The summed E-state index contributed by atoms with van der Waals surface area (Å²) in [5, 5.41) is 22.0. The minimum absolute atomic E-state index is 0.414. The van der Waals surface area contributed by atoms with E-state index in [9.17, 15) is 9.59 Å². The van der Waals surface area contributed by atoms with Crippen molar-refractivity contribution in [2.75, 3.05) is 40.1 Å². The van der Waals surface area contributed by atoms with Crippen molar-refractivity contribution < 1.29 is 29.3 Å². The van der Waals surface area contributed by atoms with E-state index >= 15 is 0 Å². The van der Waals surface area contributed by atoms with Crippen molar-refractivity contribution in [3.8, 4) is 0 Å². The van der Waals surface area contributed by atoms with Gasteiger partial charge in [0, 0.05) is 20.3 Å². The maximum atomic E-state index is 11.2. The average Bonchev–Trinajstić information content (AvgIpc) is 2.38. The third-order valence-electron chi connectivity index (χ3n) is 2.22. The number of aliphatic carboxylic acids is 1. The highest BCUT2D eigenvalue weighted by Crippen LogP contribution is 1.89. The van der Waals surface area contributed by atoms with Gasteiger partial charge < -0.3 is 30.3 Å². The SMILES string of the molecule is COCCOCCCCNC(=O)N[C@@H](CO)C(=O)O. The summed E-state index contributed by atoms with van der Waals surface area (Å²) < 4.78 is 10.0. The van der Waals surface area contributed by atoms with Gasteiger partial charge in [0.25, 0.3) is 0 Å². The lowest BCUT2D eigenvalue weighted by atomic mass is 10.3. The number of carboxylic acids is 1. The molecule has 8 heteroatoms. The molecule has 0 spiro atoms. The number of hydrogen-bond donors (Lipinski definition) is 4. The van der Waals surface area contributed by atoms with Crippen molar-refractivity contribution in [1.82, 2.24) is 10.6 Å². The molecule has 0 aromatic rings. The molecule has 1 atom stereocenters. The van der Waals surface area contributed by atoms with Gasteiger partial charge in [-0.1, -0.05) is 0 Å². The number of urea groups is 1. The topological polar surface area (TPSA) is 117 Å². The second-order valence-corrected chi connectivity index (χ2v) is 3.79. The molecule has 0 fully saturated rings. The summed E-state index contributed by atoms with van der Waals surface area (Å²) in [6.45, 7) is 1.45. The summed E-state index contributed by atoms with van der Waals surface area (Å²) in [6, 6.07) is -1.89. The van der Waals surface area contributed by atoms with Crippen LogP contribution < -0.4 is 10.6 Å². The smallest absolute Gasteiger partial charge is 0.328 e. The number of carboxylic acid groups (broad SMARTS) is 1. The Bertz CT molecular complexity index is 262. The first-order valence-corrected chi connectivity index (χ1v) is 6.06. The van der Waals surface area contributed by atoms with E-state index in [0.29, 0.717) is 26.4 Å². The Labute approximate surface area is 112 Å². The Hall–Kier alpha value is -1.38. The van der Waals surface area contributed by atoms with Crippen LogP contribution in [0.5, 0.6) is 0 Å². The maximum Gasteiger partial charge on any atom is 0.328 e. The molecule has 2 amide bonds. The summed E-state index contributed by atoms with van der Waals surface area (Å²) >= 11 is 0. The Morgan fingerprint density at radius 2 is 1.95 bits per heavy atom.